The minimum atomic E-state index is -4.58. The molecule has 2 amide bonds. The van der Waals surface area contributed by atoms with Crippen molar-refractivity contribution in [3.63, 3.8) is 0 Å². The number of anilines is 1. The van der Waals surface area contributed by atoms with Crippen LogP contribution in [0, 0.1) is 17.8 Å². The summed E-state index contributed by atoms with van der Waals surface area (Å²) in [6, 6.07) is 9.97. The first kappa shape index (κ1) is 26.7. The smallest absolute Gasteiger partial charge is 0.345 e. The van der Waals surface area contributed by atoms with Crippen molar-refractivity contribution in [3.05, 3.63) is 64.2 Å². The summed E-state index contributed by atoms with van der Waals surface area (Å²) in [5.41, 5.74) is 1.53. The number of amides is 2. The molecular weight excluding hydrogens is 479 g/mol. The molecule has 5 nitrogen and oxygen atoms in total. The number of fused-ring (bicyclic) bond motifs is 1. The monoisotopic (exact) mass is 511 g/mol. The topological polar surface area (TPSA) is 61.4 Å². The lowest BCUT2D eigenvalue weighted by atomic mass is 9.72. The molecule has 0 saturated heterocycles. The Kier molecular flexibility index (Phi) is 7.93. The molecule has 0 spiro atoms. The van der Waals surface area contributed by atoms with Crippen molar-refractivity contribution in [2.75, 3.05) is 18.0 Å². The van der Waals surface area contributed by atoms with E-state index < -0.39 is 23.7 Å². The standard InChI is InChI=1S/C29H32F3N3O2/c1-4-7-27(36)34-11-6-10-33-19(3)21-15-24-25(26(16-21)29(30,31)32)17-35(28(24)37)23-9-5-8-20(14-23)22-12-18(2)13-22/h5,8-9,14-16,18-19,22,33H,6,10-13,17H2,1-3H3,(H,34,36). The molecule has 37 heavy (non-hydrogen) atoms. The van der Waals surface area contributed by atoms with Crippen LogP contribution in [0.4, 0.5) is 18.9 Å². The number of hydrogen-bond acceptors (Lipinski definition) is 3. The first-order valence-electron chi connectivity index (χ1n) is 12.7. The Bertz CT molecular complexity index is 1240. The fourth-order valence-corrected chi connectivity index (χ4v) is 5.15. The third-order valence-corrected chi connectivity index (χ3v) is 7.22. The van der Waals surface area contributed by atoms with Gasteiger partial charge < -0.3 is 15.5 Å². The number of carbonyl (C=O) groups excluding carboxylic acids is 2. The van der Waals surface area contributed by atoms with Gasteiger partial charge in [-0.3, -0.25) is 9.59 Å². The van der Waals surface area contributed by atoms with Crippen LogP contribution >= 0.6 is 0 Å². The lowest BCUT2D eigenvalue weighted by Gasteiger charge is -2.33. The lowest BCUT2D eigenvalue weighted by molar-refractivity contribution is -0.138. The molecule has 1 fully saturated rings. The molecule has 1 aliphatic heterocycles. The molecule has 0 aromatic heterocycles. The van der Waals surface area contributed by atoms with Gasteiger partial charge in [0.1, 0.15) is 0 Å². The van der Waals surface area contributed by atoms with Crippen LogP contribution in [0.15, 0.2) is 36.4 Å². The summed E-state index contributed by atoms with van der Waals surface area (Å²) < 4.78 is 42.3. The van der Waals surface area contributed by atoms with Crippen LogP contribution in [0.1, 0.15) is 84.6 Å². The molecule has 1 aliphatic carbocycles. The molecular formula is C29H32F3N3O2. The average Bonchev–Trinajstić information content (AvgIpc) is 3.17. The number of halogens is 3. The minimum Gasteiger partial charge on any atom is -0.345 e. The second-order valence-corrected chi connectivity index (χ2v) is 10.0. The third-order valence-electron chi connectivity index (χ3n) is 7.22. The van der Waals surface area contributed by atoms with Crippen LogP contribution in [0.25, 0.3) is 0 Å². The first-order valence-corrected chi connectivity index (χ1v) is 12.7. The van der Waals surface area contributed by atoms with Crippen molar-refractivity contribution in [2.45, 2.75) is 64.7 Å². The van der Waals surface area contributed by atoms with E-state index in [4.69, 9.17) is 0 Å². The molecule has 1 atom stereocenters. The molecule has 2 N–H and O–H groups in total. The Morgan fingerprint density at radius 1 is 1.19 bits per heavy atom. The van der Waals surface area contributed by atoms with Crippen LogP contribution in [-0.4, -0.2) is 24.9 Å². The zero-order valence-corrected chi connectivity index (χ0v) is 21.3. The van der Waals surface area contributed by atoms with Crippen molar-refractivity contribution in [1.82, 2.24) is 10.6 Å². The van der Waals surface area contributed by atoms with Crippen LogP contribution in [0.3, 0.4) is 0 Å². The van der Waals surface area contributed by atoms with E-state index in [1.807, 2.05) is 18.2 Å². The second-order valence-electron chi connectivity index (χ2n) is 10.0. The number of hydrogen-bond donors (Lipinski definition) is 2. The highest BCUT2D eigenvalue weighted by Gasteiger charge is 2.41. The van der Waals surface area contributed by atoms with Gasteiger partial charge in [0.2, 0.25) is 0 Å². The highest BCUT2D eigenvalue weighted by Crippen LogP contribution is 2.44. The fraction of sp³-hybridized carbons (Fsp3) is 0.448. The Morgan fingerprint density at radius 3 is 2.62 bits per heavy atom. The van der Waals surface area contributed by atoms with Gasteiger partial charge in [-0.05, 0) is 98.4 Å². The minimum absolute atomic E-state index is 0.0239. The summed E-state index contributed by atoms with van der Waals surface area (Å²) in [5, 5.41) is 5.84. The summed E-state index contributed by atoms with van der Waals surface area (Å²) in [6.45, 7) is 6.32. The maximum Gasteiger partial charge on any atom is 0.416 e. The second kappa shape index (κ2) is 11.0. The van der Waals surface area contributed by atoms with Gasteiger partial charge in [0.25, 0.3) is 11.8 Å². The maximum absolute atomic E-state index is 14.1. The van der Waals surface area contributed by atoms with Gasteiger partial charge in [0, 0.05) is 23.8 Å². The number of benzene rings is 2. The summed E-state index contributed by atoms with van der Waals surface area (Å²) in [4.78, 5) is 26.2. The van der Waals surface area contributed by atoms with Crippen LogP contribution < -0.4 is 15.5 Å². The zero-order chi connectivity index (χ0) is 26.7. The molecule has 8 heteroatoms. The zero-order valence-electron chi connectivity index (χ0n) is 21.3. The first-order chi connectivity index (χ1) is 17.6. The highest BCUT2D eigenvalue weighted by atomic mass is 19.4. The van der Waals surface area contributed by atoms with E-state index in [1.54, 1.807) is 26.0 Å². The van der Waals surface area contributed by atoms with E-state index >= 15 is 0 Å². The molecule has 0 radical (unpaired) electrons. The predicted octanol–water partition coefficient (Wildman–Crippen LogP) is 5.56. The predicted molar refractivity (Wildman–Crippen MR) is 137 cm³/mol. The van der Waals surface area contributed by atoms with Crippen molar-refractivity contribution in [1.29, 1.82) is 0 Å². The summed E-state index contributed by atoms with van der Waals surface area (Å²) in [6.07, 6.45) is -1.82. The fourth-order valence-electron chi connectivity index (χ4n) is 5.15. The van der Waals surface area contributed by atoms with Gasteiger partial charge >= 0.3 is 6.18 Å². The van der Waals surface area contributed by atoms with Gasteiger partial charge in [-0.15, -0.1) is 0 Å². The average molecular weight is 512 g/mol. The Hall–Kier alpha value is -3.31. The number of nitrogens with one attached hydrogen (secondary N) is 2. The number of alkyl halides is 3. The molecule has 1 heterocycles. The Labute approximate surface area is 215 Å². The van der Waals surface area contributed by atoms with E-state index in [0.29, 0.717) is 42.6 Å². The maximum atomic E-state index is 14.1. The number of rotatable bonds is 8. The van der Waals surface area contributed by atoms with Crippen LogP contribution in [-0.2, 0) is 17.5 Å². The molecule has 4 rings (SSSR count). The van der Waals surface area contributed by atoms with Gasteiger partial charge in [-0.2, -0.15) is 13.2 Å². The van der Waals surface area contributed by atoms with Gasteiger partial charge in [-0.1, -0.05) is 25.0 Å². The largest absolute Gasteiger partial charge is 0.416 e. The highest BCUT2D eigenvalue weighted by molar-refractivity contribution is 6.10. The summed E-state index contributed by atoms with van der Waals surface area (Å²) in [7, 11) is 0. The summed E-state index contributed by atoms with van der Waals surface area (Å²) in [5.74, 6) is 5.24. The molecule has 196 valence electrons. The quantitative estimate of drug-likeness (QED) is 0.360. The molecule has 1 unspecified atom stereocenters. The number of carbonyl (C=O) groups is 2. The SMILES string of the molecule is CC#CC(=O)NCCCNC(C)c1cc2c(c(C(F)(F)F)c1)CN(c1cccc(C3CC(C)C3)c1)C2=O. The molecule has 2 aliphatic rings. The Morgan fingerprint density at radius 2 is 1.95 bits per heavy atom. The van der Waals surface area contributed by atoms with Crippen molar-refractivity contribution >= 4 is 17.5 Å². The van der Waals surface area contributed by atoms with E-state index in [0.717, 1.165) is 24.5 Å². The van der Waals surface area contributed by atoms with E-state index in [1.165, 1.54) is 4.90 Å². The van der Waals surface area contributed by atoms with Crippen molar-refractivity contribution in [3.8, 4) is 11.8 Å². The number of nitrogens with zero attached hydrogens (tertiary/aromatic N) is 1. The summed E-state index contributed by atoms with van der Waals surface area (Å²) >= 11 is 0. The van der Waals surface area contributed by atoms with Gasteiger partial charge in [0.15, 0.2) is 0 Å². The van der Waals surface area contributed by atoms with Gasteiger partial charge in [0.05, 0.1) is 12.1 Å². The molecule has 2 aromatic rings. The lowest BCUT2D eigenvalue weighted by Crippen LogP contribution is -2.27. The van der Waals surface area contributed by atoms with Crippen molar-refractivity contribution < 1.29 is 22.8 Å². The van der Waals surface area contributed by atoms with Crippen LogP contribution in [0.5, 0.6) is 0 Å². The third kappa shape index (κ3) is 5.99. The van der Waals surface area contributed by atoms with E-state index in [-0.39, 0.29) is 23.6 Å². The Balaban J connectivity index is 1.51. The molecule has 1 saturated carbocycles. The van der Waals surface area contributed by atoms with E-state index in [2.05, 4.69) is 29.4 Å². The molecule has 0 bridgehead atoms. The molecule has 2 aromatic carbocycles. The van der Waals surface area contributed by atoms with Crippen molar-refractivity contribution in [2.24, 2.45) is 5.92 Å². The normalized spacial score (nSPS) is 19.5. The van der Waals surface area contributed by atoms with Gasteiger partial charge in [-0.25, -0.2) is 0 Å². The van der Waals surface area contributed by atoms with Crippen LogP contribution in [0.2, 0.25) is 0 Å². The van der Waals surface area contributed by atoms with E-state index in [9.17, 15) is 22.8 Å².